The Morgan fingerprint density at radius 3 is 1.34 bits per heavy atom. The number of nitrogens with zero attached hydrogens (tertiary/aromatic N) is 3. The molecule has 6 heterocycles. The van der Waals surface area contributed by atoms with Crippen LogP contribution in [0.4, 0.5) is 0 Å². The van der Waals surface area contributed by atoms with Crippen molar-refractivity contribution in [3.8, 4) is 28.2 Å². The average molecular weight is 1140 g/mol. The first-order valence-corrected chi connectivity index (χ1v) is 32.4. The van der Waals surface area contributed by atoms with Gasteiger partial charge >= 0.3 is 0 Å². The molecule has 16 rings (SSSR count). The molecule has 1 spiro atoms. The zero-order valence-corrected chi connectivity index (χ0v) is 55.7. The topological polar surface area (TPSA) is 14.8 Å². The summed E-state index contributed by atoms with van der Waals surface area (Å²) in [6, 6.07) is 58.1. The van der Waals surface area contributed by atoms with E-state index in [2.05, 4.69) is 299 Å². The van der Waals surface area contributed by atoms with E-state index in [-0.39, 0.29) is 44.6 Å². The first-order valence-electron chi connectivity index (χ1n) is 32.4. The first-order chi connectivity index (χ1) is 40.6. The van der Waals surface area contributed by atoms with Crippen molar-refractivity contribution in [3.63, 3.8) is 0 Å². The molecule has 3 nitrogen and oxygen atoms in total. The second-order valence-electron chi connectivity index (χ2n) is 34.3. The summed E-state index contributed by atoms with van der Waals surface area (Å²) < 4.78 is 8.23. The van der Waals surface area contributed by atoms with E-state index in [9.17, 15) is 0 Å². The molecule has 4 heteroatoms. The van der Waals surface area contributed by atoms with E-state index in [0.717, 1.165) is 0 Å². The molecule has 0 fully saturated rings. The van der Waals surface area contributed by atoms with Gasteiger partial charge in [-0.05, 0) is 181 Å². The van der Waals surface area contributed by atoms with Gasteiger partial charge in [-0.3, -0.25) is 0 Å². The van der Waals surface area contributed by atoms with Gasteiger partial charge in [-0.2, -0.15) is 0 Å². The fourth-order valence-corrected chi connectivity index (χ4v) is 16.5. The van der Waals surface area contributed by atoms with Crippen LogP contribution in [0.1, 0.15) is 207 Å². The van der Waals surface area contributed by atoms with Crippen LogP contribution in [0.5, 0.6) is 0 Å². The van der Waals surface area contributed by atoms with Crippen molar-refractivity contribution in [1.82, 2.24) is 13.7 Å². The molecule has 9 aromatic carbocycles. The monoisotopic (exact) mass is 1140 g/mol. The van der Waals surface area contributed by atoms with E-state index in [1.54, 1.807) is 0 Å². The SMILES string of the molecule is CC(C)(C)c1ccc(-n2c3cc(C(C)(C)C)ccc3c3c4c5c(cc32)c2cc(C(C)(C)C)ccc2n5-c2ccc3c5c2B4c2cc(C(C)(C)C)cc4c6cc(C(C)(C)C)cc(c6n-5c24)C32c3cc(C(C)(C)C)ccc3-c3ccc(C(C)(C)C)cc32)cc1. The van der Waals surface area contributed by atoms with Gasteiger partial charge in [0.2, 0.25) is 0 Å². The quantitative estimate of drug-likeness (QED) is 0.146. The molecular formula is C83H86BN3. The Balaban J connectivity index is 1.18. The molecule has 0 N–H and O–H groups in total. The molecule has 0 amide bonds. The summed E-state index contributed by atoms with van der Waals surface area (Å²) >= 11 is 0. The lowest BCUT2D eigenvalue weighted by atomic mass is 9.33. The molecule has 436 valence electrons. The predicted octanol–water partition coefficient (Wildman–Crippen LogP) is 19.9. The Bertz CT molecular complexity index is 5040. The highest BCUT2D eigenvalue weighted by atomic mass is 15.1. The second-order valence-corrected chi connectivity index (χ2v) is 34.3. The number of rotatable bonds is 1. The van der Waals surface area contributed by atoms with Gasteiger partial charge in [0.1, 0.15) is 0 Å². The van der Waals surface area contributed by atoms with Crippen LogP contribution in [-0.4, -0.2) is 20.4 Å². The van der Waals surface area contributed by atoms with Crippen molar-refractivity contribution in [2.24, 2.45) is 0 Å². The number of fused-ring (bicyclic) bond motifs is 18. The van der Waals surface area contributed by atoms with Crippen molar-refractivity contribution in [2.75, 3.05) is 0 Å². The summed E-state index contributed by atoms with van der Waals surface area (Å²) in [5, 5.41) is 8.02. The Kier molecular flexibility index (Phi) is 10.4. The van der Waals surface area contributed by atoms with Crippen molar-refractivity contribution in [1.29, 1.82) is 0 Å². The Hall–Kier alpha value is -7.56. The van der Waals surface area contributed by atoms with Crippen molar-refractivity contribution < 1.29 is 0 Å². The van der Waals surface area contributed by atoms with Crippen LogP contribution < -0.4 is 16.4 Å². The van der Waals surface area contributed by atoms with Gasteiger partial charge in [0.25, 0.3) is 6.71 Å². The molecule has 0 saturated heterocycles. The van der Waals surface area contributed by atoms with Crippen LogP contribution in [0.2, 0.25) is 0 Å². The molecule has 0 radical (unpaired) electrons. The zero-order valence-electron chi connectivity index (χ0n) is 55.7. The number of benzene rings is 9. The van der Waals surface area contributed by atoms with Gasteiger partial charge < -0.3 is 13.7 Å². The third kappa shape index (κ3) is 7.14. The maximum absolute atomic E-state index is 2.84. The predicted molar refractivity (Wildman–Crippen MR) is 376 cm³/mol. The third-order valence-corrected chi connectivity index (χ3v) is 21.5. The van der Waals surface area contributed by atoms with E-state index in [1.807, 2.05) is 0 Å². The highest BCUT2D eigenvalue weighted by Gasteiger charge is 2.56. The smallest absolute Gasteiger partial charge is 0.253 e. The average Bonchev–Trinajstić information content (AvgIpc) is 1.52. The third-order valence-electron chi connectivity index (χ3n) is 21.5. The first kappa shape index (κ1) is 54.8. The Morgan fingerprint density at radius 2 is 0.770 bits per heavy atom. The Morgan fingerprint density at radius 1 is 0.299 bits per heavy atom. The summed E-state index contributed by atoms with van der Waals surface area (Å²) in [5.41, 5.74) is 32.6. The highest BCUT2D eigenvalue weighted by Crippen LogP contribution is 2.63. The van der Waals surface area contributed by atoms with E-state index < -0.39 is 5.41 Å². The largest absolute Gasteiger partial charge is 0.310 e. The molecule has 87 heavy (non-hydrogen) atoms. The second kappa shape index (κ2) is 16.6. The van der Waals surface area contributed by atoms with Gasteiger partial charge in [0.05, 0.1) is 33.0 Å². The summed E-state index contributed by atoms with van der Waals surface area (Å²) in [5.74, 6) is 0. The number of hydrogen-bond donors (Lipinski definition) is 0. The molecule has 0 atom stereocenters. The minimum absolute atomic E-state index is 0.0185. The summed E-state index contributed by atoms with van der Waals surface area (Å²) in [6.45, 7) is 50.0. The van der Waals surface area contributed by atoms with Crippen LogP contribution in [0, 0.1) is 0 Å². The van der Waals surface area contributed by atoms with Gasteiger partial charge in [-0.15, -0.1) is 0 Å². The van der Waals surface area contributed by atoms with E-state index in [1.165, 1.54) is 171 Å². The van der Waals surface area contributed by atoms with Gasteiger partial charge in [0.15, 0.2) is 0 Å². The molecule has 3 aliphatic heterocycles. The van der Waals surface area contributed by atoms with E-state index in [0.29, 0.717) is 0 Å². The standard InChI is InChI=1S/C83H86BN3/c1-76(2,3)45-22-28-52(29-23-45)85-67-43-49(80(13,14)15)26-32-55(67)69-68(85)44-59-56-36-46(77(4,5)6)27-34-65(56)86-66-35-33-60-75-70(66)84(71(69)74(59)86)64-42-51(82(19,20)21)38-58-57-37-50(81(16,17)18)41-63(72(57)87(75)73(58)64)83(60)61-39-47(78(7,8)9)24-30-53(61)54-31-25-48(40-62(54)83)79(10,11)12/h22-44H,1-21H3. The summed E-state index contributed by atoms with van der Waals surface area (Å²) in [4.78, 5) is 0. The molecule has 1 aliphatic carbocycles. The van der Waals surface area contributed by atoms with Crippen LogP contribution in [0.15, 0.2) is 140 Å². The van der Waals surface area contributed by atoms with Crippen molar-refractivity contribution in [3.05, 3.63) is 201 Å². The molecule has 0 bridgehead atoms. The van der Waals surface area contributed by atoms with Gasteiger partial charge in [-0.1, -0.05) is 230 Å². The number of hydrogen-bond acceptors (Lipinski definition) is 0. The number of aromatic nitrogens is 3. The van der Waals surface area contributed by atoms with Crippen molar-refractivity contribution in [2.45, 2.75) is 189 Å². The lowest BCUT2D eigenvalue weighted by Crippen LogP contribution is -2.61. The minimum atomic E-state index is -0.656. The lowest BCUT2D eigenvalue weighted by Gasteiger charge is -2.45. The van der Waals surface area contributed by atoms with E-state index >= 15 is 0 Å². The van der Waals surface area contributed by atoms with Gasteiger partial charge in [0, 0.05) is 54.9 Å². The van der Waals surface area contributed by atoms with Crippen LogP contribution in [0.3, 0.4) is 0 Å². The molecule has 0 unspecified atom stereocenters. The fourth-order valence-electron chi connectivity index (χ4n) is 16.5. The fraction of sp³-hybridized carbons (Fsp3) is 0.349. The zero-order chi connectivity index (χ0) is 61.5. The normalized spacial score (nSPS) is 15.3. The maximum Gasteiger partial charge on any atom is 0.253 e. The highest BCUT2D eigenvalue weighted by molar-refractivity contribution is 7.02. The molecule has 3 aromatic heterocycles. The molecule has 12 aromatic rings. The molecular weight excluding hydrogens is 1050 g/mol. The van der Waals surface area contributed by atoms with Crippen LogP contribution >= 0.6 is 0 Å². The molecule has 4 aliphatic rings. The van der Waals surface area contributed by atoms with Crippen LogP contribution in [0.25, 0.3) is 93.6 Å². The lowest BCUT2D eigenvalue weighted by molar-refractivity contribution is 0.583. The summed E-state index contributed by atoms with van der Waals surface area (Å²) in [6.07, 6.45) is 0. The summed E-state index contributed by atoms with van der Waals surface area (Å²) in [7, 11) is 0. The molecule has 0 saturated carbocycles. The minimum Gasteiger partial charge on any atom is -0.310 e. The van der Waals surface area contributed by atoms with Gasteiger partial charge in [-0.25, -0.2) is 0 Å². The van der Waals surface area contributed by atoms with Crippen molar-refractivity contribution >= 4 is 88.5 Å². The Labute approximate surface area is 516 Å². The van der Waals surface area contributed by atoms with E-state index in [4.69, 9.17) is 0 Å². The van der Waals surface area contributed by atoms with Crippen LogP contribution in [-0.2, 0) is 43.3 Å². The maximum atomic E-state index is 2.84.